The predicted octanol–water partition coefficient (Wildman–Crippen LogP) is 1.83. The molecule has 23 heavy (non-hydrogen) atoms. The summed E-state index contributed by atoms with van der Waals surface area (Å²) >= 11 is 0. The average Bonchev–Trinajstić information content (AvgIpc) is 2.54. The van der Waals surface area contributed by atoms with Gasteiger partial charge >= 0.3 is 0 Å². The molecule has 1 saturated carbocycles. The second-order valence-corrected chi connectivity index (χ2v) is 6.26. The van der Waals surface area contributed by atoms with Crippen LogP contribution in [-0.4, -0.2) is 49.9 Å². The Labute approximate surface area is 137 Å². The number of ether oxygens (including phenoxy) is 2. The molecule has 6 heteroatoms. The molecule has 1 aliphatic carbocycles. The number of anilines is 1. The SMILES string of the molecule is CNc1ncccc1C(=O)N[C@@H]1COCC[C@@H]1OCC1CCC1. The van der Waals surface area contributed by atoms with Crippen LogP contribution in [-0.2, 0) is 9.47 Å². The van der Waals surface area contributed by atoms with Crippen LogP contribution in [0.2, 0.25) is 0 Å². The van der Waals surface area contributed by atoms with Crippen LogP contribution < -0.4 is 10.6 Å². The second-order valence-electron chi connectivity index (χ2n) is 6.26. The lowest BCUT2D eigenvalue weighted by molar-refractivity contribution is -0.0696. The van der Waals surface area contributed by atoms with Crippen molar-refractivity contribution in [1.82, 2.24) is 10.3 Å². The summed E-state index contributed by atoms with van der Waals surface area (Å²) in [4.78, 5) is 16.7. The van der Waals surface area contributed by atoms with E-state index in [4.69, 9.17) is 9.47 Å². The zero-order valence-electron chi connectivity index (χ0n) is 13.6. The highest BCUT2D eigenvalue weighted by Gasteiger charge is 2.30. The normalized spacial score (nSPS) is 24.7. The smallest absolute Gasteiger partial charge is 0.255 e. The summed E-state index contributed by atoms with van der Waals surface area (Å²) in [7, 11) is 1.76. The number of carbonyl (C=O) groups excluding carboxylic acids is 1. The molecule has 0 spiro atoms. The molecule has 0 unspecified atom stereocenters. The molecule has 1 aromatic rings. The summed E-state index contributed by atoms with van der Waals surface area (Å²) in [5, 5.41) is 6.00. The highest BCUT2D eigenvalue weighted by atomic mass is 16.5. The minimum atomic E-state index is -0.143. The van der Waals surface area contributed by atoms with Crippen LogP contribution in [0.4, 0.5) is 5.82 Å². The molecule has 0 aromatic carbocycles. The molecule has 6 nitrogen and oxygen atoms in total. The summed E-state index contributed by atoms with van der Waals surface area (Å²) < 4.78 is 11.6. The fourth-order valence-corrected chi connectivity index (χ4v) is 3.01. The monoisotopic (exact) mass is 319 g/mol. The number of hydrogen-bond donors (Lipinski definition) is 2. The summed E-state index contributed by atoms with van der Waals surface area (Å²) in [5.41, 5.74) is 0.540. The van der Waals surface area contributed by atoms with E-state index in [1.165, 1.54) is 19.3 Å². The molecular formula is C17H25N3O3. The lowest BCUT2D eigenvalue weighted by Gasteiger charge is -2.34. The Morgan fingerprint density at radius 3 is 3.04 bits per heavy atom. The van der Waals surface area contributed by atoms with Gasteiger partial charge in [-0.3, -0.25) is 4.79 Å². The number of rotatable bonds is 6. The molecule has 2 atom stereocenters. The second kappa shape index (κ2) is 7.75. The Kier molecular flexibility index (Phi) is 5.46. The summed E-state index contributed by atoms with van der Waals surface area (Å²) in [6.07, 6.45) is 6.36. The van der Waals surface area contributed by atoms with Gasteiger partial charge in [-0.15, -0.1) is 0 Å². The minimum Gasteiger partial charge on any atom is -0.379 e. The van der Waals surface area contributed by atoms with Crippen LogP contribution in [0.3, 0.4) is 0 Å². The predicted molar refractivity (Wildman–Crippen MR) is 87.6 cm³/mol. The molecule has 3 rings (SSSR count). The molecule has 1 aliphatic heterocycles. The van der Waals surface area contributed by atoms with Gasteiger partial charge in [-0.05, 0) is 37.3 Å². The van der Waals surface area contributed by atoms with E-state index in [2.05, 4.69) is 15.6 Å². The van der Waals surface area contributed by atoms with Crippen LogP contribution in [0, 0.1) is 5.92 Å². The van der Waals surface area contributed by atoms with Gasteiger partial charge in [0.25, 0.3) is 5.91 Å². The van der Waals surface area contributed by atoms with Crippen LogP contribution in [0.5, 0.6) is 0 Å². The Bertz CT molecular complexity index is 534. The van der Waals surface area contributed by atoms with Crippen molar-refractivity contribution >= 4 is 11.7 Å². The van der Waals surface area contributed by atoms with Gasteiger partial charge in [-0.25, -0.2) is 4.98 Å². The van der Waals surface area contributed by atoms with Crippen molar-refractivity contribution in [3.63, 3.8) is 0 Å². The molecule has 126 valence electrons. The fraction of sp³-hybridized carbons (Fsp3) is 0.647. The molecular weight excluding hydrogens is 294 g/mol. The number of hydrogen-bond acceptors (Lipinski definition) is 5. The number of aromatic nitrogens is 1. The first kappa shape index (κ1) is 16.2. The molecule has 2 fully saturated rings. The van der Waals surface area contributed by atoms with E-state index in [1.54, 1.807) is 25.4 Å². The number of carbonyl (C=O) groups is 1. The number of nitrogens with zero attached hydrogens (tertiary/aromatic N) is 1. The van der Waals surface area contributed by atoms with E-state index in [0.29, 0.717) is 30.5 Å². The van der Waals surface area contributed by atoms with E-state index in [9.17, 15) is 4.79 Å². The minimum absolute atomic E-state index is 0.0306. The van der Waals surface area contributed by atoms with Gasteiger partial charge in [-0.2, -0.15) is 0 Å². The quantitative estimate of drug-likeness (QED) is 0.837. The molecule has 1 saturated heterocycles. The lowest BCUT2D eigenvalue weighted by Crippen LogP contribution is -2.51. The highest BCUT2D eigenvalue weighted by Crippen LogP contribution is 2.27. The standard InChI is InChI=1S/C17H25N3O3/c1-18-16-13(6-3-8-19-16)17(21)20-14-11-22-9-7-15(14)23-10-12-4-2-5-12/h3,6,8,12,14-15H,2,4-5,7,9-11H2,1H3,(H,18,19)(H,20,21)/t14-,15+/m1/s1. The van der Waals surface area contributed by atoms with Crippen molar-refractivity contribution in [2.24, 2.45) is 5.92 Å². The summed E-state index contributed by atoms with van der Waals surface area (Å²) in [6, 6.07) is 3.42. The van der Waals surface area contributed by atoms with Gasteiger partial charge < -0.3 is 20.1 Å². The third kappa shape index (κ3) is 4.00. The largest absolute Gasteiger partial charge is 0.379 e. The van der Waals surface area contributed by atoms with Gasteiger partial charge in [0, 0.05) is 26.5 Å². The highest BCUT2D eigenvalue weighted by molar-refractivity contribution is 5.98. The van der Waals surface area contributed by atoms with Crippen molar-refractivity contribution in [1.29, 1.82) is 0 Å². The van der Waals surface area contributed by atoms with Crippen LogP contribution in [0.1, 0.15) is 36.0 Å². The average molecular weight is 319 g/mol. The third-order valence-electron chi connectivity index (χ3n) is 4.67. The number of nitrogens with one attached hydrogen (secondary N) is 2. The van der Waals surface area contributed by atoms with Crippen molar-refractivity contribution in [2.75, 3.05) is 32.2 Å². The van der Waals surface area contributed by atoms with Crippen molar-refractivity contribution in [2.45, 2.75) is 37.8 Å². The van der Waals surface area contributed by atoms with Gasteiger partial charge in [0.2, 0.25) is 0 Å². The molecule has 1 aromatic heterocycles. The Balaban J connectivity index is 1.60. The first-order valence-corrected chi connectivity index (χ1v) is 8.41. The maximum absolute atomic E-state index is 12.5. The van der Waals surface area contributed by atoms with E-state index in [-0.39, 0.29) is 18.1 Å². The van der Waals surface area contributed by atoms with E-state index >= 15 is 0 Å². The Hall–Kier alpha value is -1.66. The Morgan fingerprint density at radius 2 is 2.30 bits per heavy atom. The zero-order valence-corrected chi connectivity index (χ0v) is 13.6. The first-order valence-electron chi connectivity index (χ1n) is 8.41. The summed E-state index contributed by atoms with van der Waals surface area (Å²) in [6.45, 7) is 1.98. The van der Waals surface area contributed by atoms with Crippen LogP contribution >= 0.6 is 0 Å². The van der Waals surface area contributed by atoms with E-state index < -0.39 is 0 Å². The van der Waals surface area contributed by atoms with Crippen LogP contribution in [0.15, 0.2) is 18.3 Å². The molecule has 0 bridgehead atoms. The number of amides is 1. The topological polar surface area (TPSA) is 72.5 Å². The van der Waals surface area contributed by atoms with Gasteiger partial charge in [0.1, 0.15) is 5.82 Å². The lowest BCUT2D eigenvalue weighted by atomic mass is 9.86. The van der Waals surface area contributed by atoms with Crippen molar-refractivity contribution in [3.05, 3.63) is 23.9 Å². The fourth-order valence-electron chi connectivity index (χ4n) is 3.01. The van der Waals surface area contributed by atoms with Crippen LogP contribution in [0.25, 0.3) is 0 Å². The van der Waals surface area contributed by atoms with E-state index in [1.807, 2.05) is 0 Å². The first-order chi connectivity index (χ1) is 11.3. The van der Waals surface area contributed by atoms with Gasteiger partial charge in [0.05, 0.1) is 24.3 Å². The van der Waals surface area contributed by atoms with E-state index in [0.717, 1.165) is 13.0 Å². The molecule has 2 aliphatic rings. The zero-order chi connectivity index (χ0) is 16.1. The molecule has 2 N–H and O–H groups in total. The van der Waals surface area contributed by atoms with Crippen molar-refractivity contribution < 1.29 is 14.3 Å². The van der Waals surface area contributed by atoms with Gasteiger partial charge in [-0.1, -0.05) is 6.42 Å². The third-order valence-corrected chi connectivity index (χ3v) is 4.67. The molecule has 2 heterocycles. The Morgan fingerprint density at radius 1 is 1.43 bits per heavy atom. The molecule has 0 radical (unpaired) electrons. The summed E-state index contributed by atoms with van der Waals surface area (Å²) in [5.74, 6) is 1.13. The maximum atomic E-state index is 12.5. The van der Waals surface area contributed by atoms with Crippen molar-refractivity contribution in [3.8, 4) is 0 Å². The van der Waals surface area contributed by atoms with Gasteiger partial charge in [0.15, 0.2) is 0 Å². The number of pyridine rings is 1. The maximum Gasteiger partial charge on any atom is 0.255 e. The molecule has 1 amide bonds.